The van der Waals surface area contributed by atoms with E-state index in [9.17, 15) is 4.79 Å². The van der Waals surface area contributed by atoms with Crippen LogP contribution in [0.1, 0.15) is 38.2 Å². The molecule has 19 heavy (non-hydrogen) atoms. The number of hydrogen-bond donors (Lipinski definition) is 0. The molecule has 0 aromatic heterocycles. The van der Waals surface area contributed by atoms with Crippen LogP contribution in [0.3, 0.4) is 0 Å². The molecule has 0 N–H and O–H groups in total. The van der Waals surface area contributed by atoms with Crippen LogP contribution in [-0.2, 0) is 15.3 Å². The molecule has 1 aromatic carbocycles. The first-order valence-electron chi connectivity index (χ1n) is 6.70. The summed E-state index contributed by atoms with van der Waals surface area (Å²) in [5, 5.41) is 0.845. The van der Waals surface area contributed by atoms with Crippen molar-refractivity contribution < 1.29 is 9.53 Å². The van der Waals surface area contributed by atoms with Crippen molar-refractivity contribution in [2.45, 2.75) is 38.4 Å². The largest absolute Gasteiger partial charge is 0.466 e. The van der Waals surface area contributed by atoms with Crippen molar-refractivity contribution in [3.05, 3.63) is 34.9 Å². The summed E-state index contributed by atoms with van der Waals surface area (Å²) in [6.07, 6.45) is 3.68. The molecule has 0 bridgehead atoms. The molecule has 0 aliphatic carbocycles. The third-order valence-corrected chi connectivity index (χ3v) is 4.15. The Morgan fingerprint density at radius 3 is 2.79 bits per heavy atom. The maximum atomic E-state index is 11.1. The van der Waals surface area contributed by atoms with Crippen molar-refractivity contribution in [3.8, 4) is 0 Å². The number of thioether (sulfide) groups is 1. The molecule has 4 heteroatoms. The minimum absolute atomic E-state index is 0.0776. The van der Waals surface area contributed by atoms with Crippen LogP contribution in [0.15, 0.2) is 24.3 Å². The van der Waals surface area contributed by atoms with Gasteiger partial charge in [0.15, 0.2) is 0 Å². The molecule has 106 valence electrons. The zero-order chi connectivity index (χ0) is 13.9. The van der Waals surface area contributed by atoms with Gasteiger partial charge in [-0.05, 0) is 37.1 Å². The second kappa shape index (κ2) is 10.2. The smallest absolute Gasteiger partial charge is 0.305 e. The Hall–Kier alpha value is -0.670. The van der Waals surface area contributed by atoms with Gasteiger partial charge in [-0.3, -0.25) is 4.79 Å². The number of unbranched alkanes of at least 4 members (excludes halogenated alkanes) is 2. The SMILES string of the molecule is CCOC(=O)CCCCCSCc1ccccc1Cl. The maximum absolute atomic E-state index is 11.1. The molecule has 0 saturated carbocycles. The Kier molecular flexibility index (Phi) is 8.76. The van der Waals surface area contributed by atoms with E-state index in [1.807, 2.05) is 36.9 Å². The van der Waals surface area contributed by atoms with Crippen molar-refractivity contribution in [1.82, 2.24) is 0 Å². The lowest BCUT2D eigenvalue weighted by Crippen LogP contribution is -2.03. The standard InChI is InChI=1S/C15H21ClO2S/c1-2-18-15(17)10-4-3-7-11-19-12-13-8-5-6-9-14(13)16/h5-6,8-9H,2-4,7,10-12H2,1H3. The number of hydrogen-bond acceptors (Lipinski definition) is 3. The molecule has 0 fully saturated rings. The molecule has 0 heterocycles. The van der Waals surface area contributed by atoms with Crippen LogP contribution < -0.4 is 0 Å². The summed E-state index contributed by atoms with van der Waals surface area (Å²) in [6.45, 7) is 2.32. The lowest BCUT2D eigenvalue weighted by molar-refractivity contribution is -0.143. The lowest BCUT2D eigenvalue weighted by Gasteiger charge is -2.04. The summed E-state index contributed by atoms with van der Waals surface area (Å²) >= 11 is 7.98. The van der Waals surface area contributed by atoms with E-state index in [2.05, 4.69) is 6.07 Å². The van der Waals surface area contributed by atoms with Gasteiger partial charge in [0.2, 0.25) is 0 Å². The van der Waals surface area contributed by atoms with Crippen LogP contribution in [0.25, 0.3) is 0 Å². The van der Waals surface area contributed by atoms with Gasteiger partial charge in [0.1, 0.15) is 0 Å². The van der Waals surface area contributed by atoms with Gasteiger partial charge >= 0.3 is 5.97 Å². The summed E-state index contributed by atoms with van der Waals surface area (Å²) in [7, 11) is 0. The molecule has 0 aliphatic heterocycles. The Morgan fingerprint density at radius 1 is 1.26 bits per heavy atom. The van der Waals surface area contributed by atoms with Gasteiger partial charge in [0, 0.05) is 17.2 Å². The topological polar surface area (TPSA) is 26.3 Å². The van der Waals surface area contributed by atoms with Crippen LogP contribution in [0.5, 0.6) is 0 Å². The average molecular weight is 301 g/mol. The zero-order valence-electron chi connectivity index (χ0n) is 11.4. The molecule has 0 amide bonds. The minimum atomic E-state index is -0.0776. The summed E-state index contributed by atoms with van der Waals surface area (Å²) in [4.78, 5) is 11.1. The maximum Gasteiger partial charge on any atom is 0.305 e. The highest BCUT2D eigenvalue weighted by atomic mass is 35.5. The number of esters is 1. The first-order chi connectivity index (χ1) is 9.24. The van der Waals surface area contributed by atoms with E-state index in [0.717, 1.165) is 35.8 Å². The van der Waals surface area contributed by atoms with E-state index in [0.29, 0.717) is 13.0 Å². The van der Waals surface area contributed by atoms with Gasteiger partial charge in [-0.1, -0.05) is 36.2 Å². The van der Waals surface area contributed by atoms with Gasteiger partial charge < -0.3 is 4.74 Å². The fourth-order valence-corrected chi connectivity index (χ4v) is 2.99. The number of carbonyl (C=O) groups excluding carboxylic acids is 1. The zero-order valence-corrected chi connectivity index (χ0v) is 12.9. The summed E-state index contributed by atoms with van der Waals surface area (Å²) in [6, 6.07) is 7.96. The monoisotopic (exact) mass is 300 g/mol. The Morgan fingerprint density at radius 2 is 2.05 bits per heavy atom. The van der Waals surface area contributed by atoms with Crippen molar-refractivity contribution >= 4 is 29.3 Å². The van der Waals surface area contributed by atoms with Crippen molar-refractivity contribution in [3.63, 3.8) is 0 Å². The van der Waals surface area contributed by atoms with Gasteiger partial charge in [-0.15, -0.1) is 0 Å². The number of rotatable bonds is 9. The summed E-state index contributed by atoms with van der Waals surface area (Å²) in [5.74, 6) is 1.98. The molecule has 2 nitrogen and oxygen atoms in total. The summed E-state index contributed by atoms with van der Waals surface area (Å²) < 4.78 is 4.88. The Bertz CT molecular complexity index is 382. The van der Waals surface area contributed by atoms with Gasteiger partial charge in [0.25, 0.3) is 0 Å². The highest BCUT2D eigenvalue weighted by Crippen LogP contribution is 2.21. The molecule has 0 unspecified atom stereocenters. The average Bonchev–Trinajstić information content (AvgIpc) is 2.40. The van der Waals surface area contributed by atoms with Gasteiger partial charge in [0.05, 0.1) is 6.61 Å². The lowest BCUT2D eigenvalue weighted by atomic mass is 10.2. The third kappa shape index (κ3) is 7.48. The molecular weight excluding hydrogens is 280 g/mol. The second-order valence-electron chi connectivity index (χ2n) is 4.26. The quantitative estimate of drug-likeness (QED) is 0.488. The molecule has 1 rings (SSSR count). The molecule has 0 saturated heterocycles. The first-order valence-corrected chi connectivity index (χ1v) is 8.24. The van der Waals surface area contributed by atoms with E-state index in [1.54, 1.807) is 0 Å². The number of carbonyl (C=O) groups is 1. The molecule has 0 aliphatic rings. The highest BCUT2D eigenvalue weighted by Gasteiger charge is 2.01. The number of halogens is 1. The van der Waals surface area contributed by atoms with Crippen LogP contribution in [0.2, 0.25) is 5.02 Å². The predicted octanol–water partition coefficient (Wildman–Crippen LogP) is 4.70. The normalized spacial score (nSPS) is 10.4. The van der Waals surface area contributed by atoms with E-state index in [1.165, 1.54) is 5.56 Å². The van der Waals surface area contributed by atoms with E-state index >= 15 is 0 Å². The summed E-state index contributed by atoms with van der Waals surface area (Å²) in [5.41, 5.74) is 1.20. The third-order valence-electron chi connectivity index (χ3n) is 2.69. The van der Waals surface area contributed by atoms with Gasteiger partial charge in [-0.25, -0.2) is 0 Å². The number of benzene rings is 1. The minimum Gasteiger partial charge on any atom is -0.466 e. The molecule has 0 atom stereocenters. The molecule has 0 radical (unpaired) electrons. The van der Waals surface area contributed by atoms with Crippen LogP contribution in [-0.4, -0.2) is 18.3 Å². The molecule has 0 spiro atoms. The second-order valence-corrected chi connectivity index (χ2v) is 5.77. The van der Waals surface area contributed by atoms with Gasteiger partial charge in [-0.2, -0.15) is 11.8 Å². The van der Waals surface area contributed by atoms with E-state index in [4.69, 9.17) is 16.3 Å². The first kappa shape index (κ1) is 16.4. The number of ether oxygens (including phenoxy) is 1. The van der Waals surface area contributed by atoms with Crippen LogP contribution >= 0.6 is 23.4 Å². The van der Waals surface area contributed by atoms with Crippen molar-refractivity contribution in [2.75, 3.05) is 12.4 Å². The highest BCUT2D eigenvalue weighted by molar-refractivity contribution is 7.98. The Balaban J connectivity index is 2.00. The van der Waals surface area contributed by atoms with Crippen molar-refractivity contribution in [1.29, 1.82) is 0 Å². The molecule has 1 aromatic rings. The predicted molar refractivity (Wildman–Crippen MR) is 82.7 cm³/mol. The van der Waals surface area contributed by atoms with E-state index in [-0.39, 0.29) is 5.97 Å². The fourth-order valence-electron chi connectivity index (χ4n) is 1.68. The van der Waals surface area contributed by atoms with Crippen LogP contribution in [0.4, 0.5) is 0 Å². The molecular formula is C15H21ClO2S. The van der Waals surface area contributed by atoms with Crippen molar-refractivity contribution in [2.24, 2.45) is 0 Å². The van der Waals surface area contributed by atoms with E-state index < -0.39 is 0 Å². The fraction of sp³-hybridized carbons (Fsp3) is 0.533. The Labute approximate surface area is 124 Å². The van der Waals surface area contributed by atoms with Crippen LogP contribution in [0, 0.1) is 0 Å².